The van der Waals surface area contributed by atoms with Crippen LogP contribution >= 0.6 is 0 Å². The Morgan fingerprint density at radius 2 is 2.05 bits per heavy atom. The molecule has 1 aromatic heterocycles. The summed E-state index contributed by atoms with van der Waals surface area (Å²) in [6.07, 6.45) is 1.16. The quantitative estimate of drug-likeness (QED) is 0.876. The molecule has 1 N–H and O–H groups in total. The molecule has 0 aliphatic carbocycles. The van der Waals surface area contributed by atoms with Crippen molar-refractivity contribution in [3.63, 3.8) is 0 Å². The standard InChI is InChI=1S/C14H26N6O/c1-6-11-9-20(8-7-19(11)5)13-16-12(15-4)17-14(18-13)21-10(2)3/h10-11H,6-9H2,1-5H3,(H,15,16,17,18). The molecular weight excluding hydrogens is 268 g/mol. The maximum Gasteiger partial charge on any atom is 0.323 e. The highest BCUT2D eigenvalue weighted by Gasteiger charge is 2.25. The van der Waals surface area contributed by atoms with E-state index in [2.05, 4.69) is 44.0 Å². The molecule has 0 spiro atoms. The topological polar surface area (TPSA) is 66.4 Å². The van der Waals surface area contributed by atoms with Crippen molar-refractivity contribution in [1.29, 1.82) is 0 Å². The van der Waals surface area contributed by atoms with E-state index >= 15 is 0 Å². The van der Waals surface area contributed by atoms with Gasteiger partial charge in [-0.05, 0) is 27.3 Å². The third-order valence-electron chi connectivity index (χ3n) is 3.70. The first-order valence-corrected chi connectivity index (χ1v) is 7.59. The molecule has 7 nitrogen and oxygen atoms in total. The zero-order chi connectivity index (χ0) is 15.4. The molecule has 1 aliphatic heterocycles. The molecule has 7 heteroatoms. The maximum atomic E-state index is 5.62. The Balaban J connectivity index is 2.21. The van der Waals surface area contributed by atoms with Crippen molar-refractivity contribution in [1.82, 2.24) is 19.9 Å². The van der Waals surface area contributed by atoms with E-state index in [1.54, 1.807) is 7.05 Å². The van der Waals surface area contributed by atoms with Crippen molar-refractivity contribution in [2.45, 2.75) is 39.3 Å². The van der Waals surface area contributed by atoms with Gasteiger partial charge in [-0.15, -0.1) is 0 Å². The van der Waals surface area contributed by atoms with Crippen LogP contribution in [-0.4, -0.2) is 65.7 Å². The van der Waals surface area contributed by atoms with Crippen molar-refractivity contribution in [2.24, 2.45) is 0 Å². The van der Waals surface area contributed by atoms with Crippen LogP contribution in [0.4, 0.5) is 11.9 Å². The molecule has 0 aromatic carbocycles. The number of piperazine rings is 1. The number of likely N-dealkylation sites (N-methyl/N-ethyl adjacent to an activating group) is 1. The third-order valence-corrected chi connectivity index (χ3v) is 3.70. The SMILES string of the molecule is CCC1CN(c2nc(NC)nc(OC(C)C)n2)CCN1C. The first-order chi connectivity index (χ1) is 10.0. The summed E-state index contributed by atoms with van der Waals surface area (Å²) in [6.45, 7) is 9.00. The van der Waals surface area contributed by atoms with Crippen LogP contribution in [0, 0.1) is 0 Å². The van der Waals surface area contributed by atoms with E-state index in [0.717, 1.165) is 26.1 Å². The number of hydrogen-bond acceptors (Lipinski definition) is 7. The summed E-state index contributed by atoms with van der Waals surface area (Å²) in [7, 11) is 3.97. The molecule has 0 radical (unpaired) electrons. The summed E-state index contributed by atoms with van der Waals surface area (Å²) in [5.41, 5.74) is 0. The Morgan fingerprint density at radius 1 is 1.29 bits per heavy atom. The molecule has 1 atom stereocenters. The molecule has 2 heterocycles. The lowest BCUT2D eigenvalue weighted by Crippen LogP contribution is -2.51. The van der Waals surface area contributed by atoms with Gasteiger partial charge < -0.3 is 15.0 Å². The largest absolute Gasteiger partial charge is 0.461 e. The Hall–Kier alpha value is -1.63. The average molecular weight is 294 g/mol. The summed E-state index contributed by atoms with van der Waals surface area (Å²) in [4.78, 5) is 17.8. The van der Waals surface area contributed by atoms with Crippen LogP contribution < -0.4 is 15.0 Å². The molecule has 1 fully saturated rings. The van der Waals surface area contributed by atoms with Gasteiger partial charge >= 0.3 is 6.01 Å². The molecule has 1 aliphatic rings. The van der Waals surface area contributed by atoms with E-state index in [1.165, 1.54) is 0 Å². The van der Waals surface area contributed by atoms with Gasteiger partial charge in [-0.3, -0.25) is 4.90 Å². The lowest BCUT2D eigenvalue weighted by Gasteiger charge is -2.39. The van der Waals surface area contributed by atoms with Gasteiger partial charge in [0.2, 0.25) is 11.9 Å². The molecule has 1 unspecified atom stereocenters. The number of nitrogens with one attached hydrogen (secondary N) is 1. The highest BCUT2D eigenvalue weighted by Crippen LogP contribution is 2.19. The van der Waals surface area contributed by atoms with Crippen LogP contribution in [0.1, 0.15) is 27.2 Å². The number of ether oxygens (including phenoxy) is 1. The van der Waals surface area contributed by atoms with Gasteiger partial charge in [0.25, 0.3) is 0 Å². The Bertz CT molecular complexity index is 467. The molecule has 0 bridgehead atoms. The minimum Gasteiger partial charge on any atom is -0.461 e. The van der Waals surface area contributed by atoms with Crippen molar-refractivity contribution >= 4 is 11.9 Å². The van der Waals surface area contributed by atoms with E-state index in [4.69, 9.17) is 4.74 Å². The molecule has 1 aromatic rings. The summed E-state index contributed by atoms with van der Waals surface area (Å²) in [5.74, 6) is 1.24. The Morgan fingerprint density at radius 3 is 2.67 bits per heavy atom. The first-order valence-electron chi connectivity index (χ1n) is 7.59. The van der Waals surface area contributed by atoms with Gasteiger partial charge in [-0.25, -0.2) is 0 Å². The summed E-state index contributed by atoms with van der Waals surface area (Å²) in [6, 6.07) is 0.911. The molecule has 21 heavy (non-hydrogen) atoms. The van der Waals surface area contributed by atoms with Crippen LogP contribution in [0.5, 0.6) is 6.01 Å². The smallest absolute Gasteiger partial charge is 0.323 e. The van der Waals surface area contributed by atoms with Crippen LogP contribution in [0.2, 0.25) is 0 Å². The fourth-order valence-corrected chi connectivity index (χ4v) is 2.43. The van der Waals surface area contributed by atoms with Crippen molar-refractivity contribution in [2.75, 3.05) is 43.9 Å². The predicted octanol–water partition coefficient (Wildman–Crippen LogP) is 1.23. The Kier molecular flexibility index (Phi) is 5.17. The number of nitrogens with zero attached hydrogens (tertiary/aromatic N) is 5. The number of hydrogen-bond donors (Lipinski definition) is 1. The van der Waals surface area contributed by atoms with Crippen LogP contribution in [0.3, 0.4) is 0 Å². The second-order valence-electron chi connectivity index (χ2n) is 5.65. The fraction of sp³-hybridized carbons (Fsp3) is 0.786. The van der Waals surface area contributed by atoms with Gasteiger partial charge in [0.05, 0.1) is 6.10 Å². The average Bonchev–Trinajstić information content (AvgIpc) is 2.46. The van der Waals surface area contributed by atoms with Crippen molar-refractivity contribution in [3.8, 4) is 6.01 Å². The molecular formula is C14H26N6O. The summed E-state index contributed by atoms with van der Waals surface area (Å²) in [5, 5.41) is 2.97. The van der Waals surface area contributed by atoms with Crippen molar-refractivity contribution < 1.29 is 4.74 Å². The molecule has 0 amide bonds. The molecule has 0 saturated carbocycles. The summed E-state index contributed by atoms with van der Waals surface area (Å²) < 4.78 is 5.62. The summed E-state index contributed by atoms with van der Waals surface area (Å²) >= 11 is 0. The minimum atomic E-state index is 0.0424. The van der Waals surface area contributed by atoms with Gasteiger partial charge in [0.1, 0.15) is 0 Å². The van der Waals surface area contributed by atoms with Gasteiger partial charge in [-0.1, -0.05) is 6.92 Å². The van der Waals surface area contributed by atoms with E-state index in [0.29, 0.717) is 23.9 Å². The van der Waals surface area contributed by atoms with Crippen LogP contribution in [0.25, 0.3) is 0 Å². The molecule has 1 saturated heterocycles. The van der Waals surface area contributed by atoms with Crippen molar-refractivity contribution in [3.05, 3.63) is 0 Å². The normalized spacial score (nSPS) is 19.9. The van der Waals surface area contributed by atoms with Gasteiger partial charge in [0.15, 0.2) is 0 Å². The third kappa shape index (κ3) is 3.93. The van der Waals surface area contributed by atoms with Gasteiger partial charge in [-0.2, -0.15) is 15.0 Å². The van der Waals surface area contributed by atoms with Crippen LogP contribution in [-0.2, 0) is 0 Å². The van der Waals surface area contributed by atoms with E-state index < -0.39 is 0 Å². The second kappa shape index (κ2) is 6.89. The molecule has 2 rings (SSSR count). The highest BCUT2D eigenvalue weighted by molar-refractivity contribution is 5.38. The first kappa shape index (κ1) is 15.8. The lowest BCUT2D eigenvalue weighted by molar-refractivity contribution is 0.209. The predicted molar refractivity (Wildman–Crippen MR) is 84.1 cm³/mol. The number of anilines is 2. The highest BCUT2D eigenvalue weighted by atomic mass is 16.5. The zero-order valence-corrected chi connectivity index (χ0v) is 13.6. The molecule has 118 valence electrons. The van der Waals surface area contributed by atoms with Crippen LogP contribution in [0.15, 0.2) is 0 Å². The lowest BCUT2D eigenvalue weighted by atomic mass is 10.1. The maximum absolute atomic E-state index is 5.62. The second-order valence-corrected chi connectivity index (χ2v) is 5.65. The minimum absolute atomic E-state index is 0.0424. The van der Waals surface area contributed by atoms with E-state index in [-0.39, 0.29) is 6.10 Å². The van der Waals surface area contributed by atoms with Gasteiger partial charge in [0, 0.05) is 32.7 Å². The Labute approximate surface area is 126 Å². The number of aromatic nitrogens is 3. The monoisotopic (exact) mass is 294 g/mol. The zero-order valence-electron chi connectivity index (χ0n) is 13.6. The fourth-order valence-electron chi connectivity index (χ4n) is 2.43. The van der Waals surface area contributed by atoms with E-state index in [1.807, 2.05) is 13.8 Å². The van der Waals surface area contributed by atoms with E-state index in [9.17, 15) is 0 Å². The number of rotatable bonds is 5.